The minimum atomic E-state index is -0.866. The lowest BCUT2D eigenvalue weighted by Gasteiger charge is -2.18. The number of esters is 3. The minimum absolute atomic E-state index is 0.0757. The molecular formula is C75H114O6. The number of carbonyl (C=O) groups is 3. The summed E-state index contributed by atoms with van der Waals surface area (Å²) in [4.78, 5) is 38.2. The van der Waals surface area contributed by atoms with Crippen molar-refractivity contribution in [3.05, 3.63) is 194 Å². The summed E-state index contributed by atoms with van der Waals surface area (Å²) in [6, 6.07) is 0. The molecule has 450 valence electrons. The van der Waals surface area contributed by atoms with E-state index in [1.165, 1.54) is 51.4 Å². The van der Waals surface area contributed by atoms with Gasteiger partial charge in [0.05, 0.1) is 6.42 Å². The van der Waals surface area contributed by atoms with E-state index in [1.54, 1.807) is 6.08 Å². The van der Waals surface area contributed by atoms with Crippen molar-refractivity contribution in [3.8, 4) is 0 Å². The highest BCUT2D eigenvalue weighted by Gasteiger charge is 2.19. The summed E-state index contributed by atoms with van der Waals surface area (Å²) >= 11 is 0. The van der Waals surface area contributed by atoms with Gasteiger partial charge in [-0.3, -0.25) is 14.4 Å². The molecule has 0 fully saturated rings. The Bertz CT molecular complexity index is 1950. The first kappa shape index (κ1) is 75.2. The molecule has 0 aromatic carbocycles. The fourth-order valence-corrected chi connectivity index (χ4v) is 7.89. The van der Waals surface area contributed by atoms with Crippen LogP contribution in [0, 0.1) is 0 Å². The van der Waals surface area contributed by atoms with Gasteiger partial charge in [-0.1, -0.05) is 267 Å². The molecule has 6 heteroatoms. The molecule has 0 aliphatic rings. The van der Waals surface area contributed by atoms with Crippen molar-refractivity contribution >= 4 is 17.9 Å². The Labute approximate surface area is 497 Å². The smallest absolute Gasteiger partial charge is 0.310 e. The normalized spacial score (nSPS) is 13.5. The second-order valence-corrected chi connectivity index (χ2v) is 20.2. The van der Waals surface area contributed by atoms with Gasteiger partial charge in [0, 0.05) is 12.8 Å². The molecular weight excluding hydrogens is 997 g/mol. The van der Waals surface area contributed by atoms with E-state index in [4.69, 9.17) is 14.2 Å². The molecule has 0 rings (SSSR count). The highest BCUT2D eigenvalue weighted by Crippen LogP contribution is 2.12. The Hall–Kier alpha value is -5.75. The second kappa shape index (κ2) is 66.8. The predicted octanol–water partition coefficient (Wildman–Crippen LogP) is 22.2. The van der Waals surface area contributed by atoms with Crippen molar-refractivity contribution in [1.82, 2.24) is 0 Å². The van der Waals surface area contributed by atoms with Gasteiger partial charge in [-0.15, -0.1) is 0 Å². The van der Waals surface area contributed by atoms with Crippen molar-refractivity contribution in [1.29, 1.82) is 0 Å². The van der Waals surface area contributed by atoms with E-state index in [2.05, 4.69) is 203 Å². The first-order valence-corrected chi connectivity index (χ1v) is 31.9. The summed E-state index contributed by atoms with van der Waals surface area (Å²) in [5, 5.41) is 0. The number of allylic oxidation sites excluding steroid dienone is 31. The average Bonchev–Trinajstić information content (AvgIpc) is 3.47. The molecule has 0 radical (unpaired) electrons. The Morgan fingerprint density at radius 1 is 0.272 bits per heavy atom. The van der Waals surface area contributed by atoms with Crippen LogP contribution in [0.5, 0.6) is 0 Å². The Kier molecular flexibility index (Phi) is 62.0. The lowest BCUT2D eigenvalue weighted by molar-refractivity contribution is -0.166. The van der Waals surface area contributed by atoms with Gasteiger partial charge >= 0.3 is 17.9 Å². The van der Waals surface area contributed by atoms with Crippen LogP contribution in [0.3, 0.4) is 0 Å². The first-order valence-electron chi connectivity index (χ1n) is 31.9. The molecule has 0 aromatic rings. The van der Waals surface area contributed by atoms with Crippen molar-refractivity contribution in [2.45, 2.75) is 245 Å². The fraction of sp³-hybridized carbons (Fsp3) is 0.533. The molecule has 0 bridgehead atoms. The fourth-order valence-electron chi connectivity index (χ4n) is 7.89. The van der Waals surface area contributed by atoms with E-state index < -0.39 is 12.1 Å². The molecule has 0 saturated heterocycles. The maximum absolute atomic E-state index is 12.8. The van der Waals surface area contributed by atoms with Crippen LogP contribution in [0.15, 0.2) is 194 Å². The molecule has 0 aliphatic carbocycles. The Balaban J connectivity index is 4.49. The second-order valence-electron chi connectivity index (χ2n) is 20.2. The van der Waals surface area contributed by atoms with Gasteiger partial charge in [0.2, 0.25) is 0 Å². The van der Waals surface area contributed by atoms with Gasteiger partial charge in [-0.25, -0.2) is 0 Å². The topological polar surface area (TPSA) is 78.9 Å². The summed E-state index contributed by atoms with van der Waals surface area (Å²) in [7, 11) is 0. The highest BCUT2D eigenvalue weighted by molar-refractivity contribution is 5.72. The van der Waals surface area contributed by atoms with Crippen LogP contribution in [-0.4, -0.2) is 37.2 Å². The van der Waals surface area contributed by atoms with E-state index >= 15 is 0 Å². The average molecular weight is 1110 g/mol. The lowest BCUT2D eigenvalue weighted by atomic mass is 10.1. The molecule has 1 unspecified atom stereocenters. The van der Waals surface area contributed by atoms with Crippen LogP contribution in [0.1, 0.15) is 239 Å². The Morgan fingerprint density at radius 2 is 0.519 bits per heavy atom. The van der Waals surface area contributed by atoms with Crippen LogP contribution in [0.2, 0.25) is 0 Å². The summed E-state index contributed by atoms with van der Waals surface area (Å²) in [5.41, 5.74) is 0. The summed E-state index contributed by atoms with van der Waals surface area (Å²) in [6.07, 6.45) is 102. The van der Waals surface area contributed by atoms with E-state index in [9.17, 15) is 14.4 Å². The zero-order valence-corrected chi connectivity index (χ0v) is 51.5. The number of unbranched alkanes of at least 4 members (excludes halogenated alkanes) is 13. The molecule has 6 nitrogen and oxygen atoms in total. The van der Waals surface area contributed by atoms with Crippen LogP contribution < -0.4 is 0 Å². The molecule has 0 heterocycles. The number of carbonyl (C=O) groups excluding carboxylic acids is 3. The van der Waals surface area contributed by atoms with Gasteiger partial charge in [0.25, 0.3) is 0 Å². The van der Waals surface area contributed by atoms with Crippen molar-refractivity contribution in [3.63, 3.8) is 0 Å². The number of ether oxygens (including phenoxy) is 3. The molecule has 0 aliphatic heterocycles. The minimum Gasteiger partial charge on any atom is -0.462 e. The molecule has 0 amide bonds. The maximum Gasteiger partial charge on any atom is 0.310 e. The largest absolute Gasteiger partial charge is 0.462 e. The number of hydrogen-bond acceptors (Lipinski definition) is 6. The standard InChI is InChI=1S/C75H114O6/c1-4-7-10-13-16-19-22-25-28-29-30-31-32-33-34-35-36-37-38-39-40-41-42-43-44-45-48-50-53-56-59-62-65-68-74(77)80-71-72(81-75(78)69-66-63-60-57-54-51-47-27-24-21-18-15-12-9-6-3)70-79-73(76)67-64-61-58-55-52-49-46-26-23-20-17-14-11-8-5-2/h7,9-10,12,16,18-19,21,25-28,30-31,33-34,36-37,39-40,42-43,45-48,53-54,56-57,63,66,72H,4-6,8,11,13-15,17,20,22-24,29,32,35,38,41,44,49-52,55,58-62,64-65,67-71H2,1-3H3/b10-7-,12-9-,19-16-,21-18-,28-25-,31-30-,34-33-,37-36-,40-39-,43-42-,46-26-,47-27-,48-45-,56-53-,57-54-,66-63-. The van der Waals surface area contributed by atoms with E-state index in [-0.39, 0.29) is 38.0 Å². The van der Waals surface area contributed by atoms with Gasteiger partial charge in [-0.2, -0.15) is 0 Å². The van der Waals surface area contributed by atoms with E-state index in [0.29, 0.717) is 19.3 Å². The van der Waals surface area contributed by atoms with Crippen molar-refractivity contribution in [2.75, 3.05) is 13.2 Å². The molecule has 1 atom stereocenters. The van der Waals surface area contributed by atoms with Gasteiger partial charge in [-0.05, 0) is 148 Å². The van der Waals surface area contributed by atoms with Crippen LogP contribution in [-0.2, 0) is 28.6 Å². The van der Waals surface area contributed by atoms with Gasteiger partial charge in [0.15, 0.2) is 6.10 Å². The summed E-state index contributed by atoms with van der Waals surface area (Å²) in [5.74, 6) is -1.14. The molecule has 0 aromatic heterocycles. The van der Waals surface area contributed by atoms with Crippen LogP contribution in [0.4, 0.5) is 0 Å². The molecule has 0 spiro atoms. The van der Waals surface area contributed by atoms with E-state index in [1.807, 2.05) is 6.08 Å². The summed E-state index contributed by atoms with van der Waals surface area (Å²) in [6.45, 7) is 6.26. The first-order chi connectivity index (χ1) is 40.0. The van der Waals surface area contributed by atoms with Crippen molar-refractivity contribution < 1.29 is 28.6 Å². The predicted molar refractivity (Wildman–Crippen MR) is 352 cm³/mol. The highest BCUT2D eigenvalue weighted by atomic mass is 16.6. The van der Waals surface area contributed by atoms with Gasteiger partial charge < -0.3 is 14.2 Å². The third-order valence-electron chi connectivity index (χ3n) is 12.6. The molecule has 0 saturated carbocycles. The zero-order valence-electron chi connectivity index (χ0n) is 51.5. The van der Waals surface area contributed by atoms with Gasteiger partial charge in [0.1, 0.15) is 13.2 Å². The number of rotatable bonds is 55. The van der Waals surface area contributed by atoms with Crippen molar-refractivity contribution in [2.24, 2.45) is 0 Å². The zero-order chi connectivity index (χ0) is 58.5. The quantitative estimate of drug-likeness (QED) is 0.0261. The van der Waals surface area contributed by atoms with E-state index in [0.717, 1.165) is 135 Å². The number of hydrogen-bond donors (Lipinski definition) is 0. The maximum atomic E-state index is 12.8. The van der Waals surface area contributed by atoms with Crippen LogP contribution in [0.25, 0.3) is 0 Å². The monoisotopic (exact) mass is 1110 g/mol. The molecule has 0 N–H and O–H groups in total. The summed E-state index contributed by atoms with van der Waals surface area (Å²) < 4.78 is 16.7. The Morgan fingerprint density at radius 3 is 0.852 bits per heavy atom. The lowest BCUT2D eigenvalue weighted by Crippen LogP contribution is -2.30. The molecule has 81 heavy (non-hydrogen) atoms. The third kappa shape index (κ3) is 64.9. The van der Waals surface area contributed by atoms with Crippen LogP contribution >= 0.6 is 0 Å². The SMILES string of the molecule is CC/C=C\C/C=C\C/C=C\C/C=C\C/C=C\C/C=C\C/C=C\C/C=C\C/C=C\C/C=C\CCCCC(=O)OCC(COC(=O)CCCCCCC/C=C\CCCCCCCC)OC(=O)C/C=C\C/C=C\C/C=C\C/C=C\C/C=C\CC. The third-order valence-corrected chi connectivity index (χ3v) is 12.6.